The second-order valence-electron chi connectivity index (χ2n) is 2.80. The first-order valence-corrected chi connectivity index (χ1v) is 3.82. The van der Waals surface area contributed by atoms with E-state index in [-0.39, 0.29) is 0 Å². The Balaban J connectivity index is 2.25. The zero-order valence-electron chi connectivity index (χ0n) is 6.01. The van der Waals surface area contributed by atoms with Crippen molar-refractivity contribution in [3.05, 3.63) is 23.3 Å². The van der Waals surface area contributed by atoms with Gasteiger partial charge in [0.15, 0.2) is 0 Å². The molecular formula is C9H11N. The summed E-state index contributed by atoms with van der Waals surface area (Å²) in [5.74, 6) is 0. The van der Waals surface area contributed by atoms with E-state index in [4.69, 9.17) is 0 Å². The molecule has 52 valence electrons. The van der Waals surface area contributed by atoms with E-state index in [1.807, 2.05) is 6.21 Å². The largest absolute Gasteiger partial charge is 0.292 e. The first kappa shape index (κ1) is 5.90. The number of nitrogens with zero attached hydrogens (tertiary/aromatic N) is 1. The van der Waals surface area contributed by atoms with Crippen LogP contribution in [0.25, 0.3) is 0 Å². The summed E-state index contributed by atoms with van der Waals surface area (Å²) < 4.78 is 0. The lowest BCUT2D eigenvalue weighted by Gasteiger charge is -2.15. The third kappa shape index (κ3) is 0.919. The summed E-state index contributed by atoms with van der Waals surface area (Å²) in [6.07, 6.45) is 10.1. The van der Waals surface area contributed by atoms with Crippen molar-refractivity contribution >= 4 is 6.21 Å². The molecule has 0 saturated carbocycles. The van der Waals surface area contributed by atoms with Crippen molar-refractivity contribution in [2.75, 3.05) is 6.54 Å². The second-order valence-corrected chi connectivity index (χ2v) is 2.80. The van der Waals surface area contributed by atoms with E-state index in [0.717, 1.165) is 13.0 Å². The Hall–Kier alpha value is -0.850. The summed E-state index contributed by atoms with van der Waals surface area (Å²) in [5, 5.41) is 0. The number of hydrogen-bond acceptors (Lipinski definition) is 1. The summed E-state index contributed by atoms with van der Waals surface area (Å²) in [6.45, 7) is 0.922. The van der Waals surface area contributed by atoms with Crippen LogP contribution in [0.2, 0.25) is 0 Å². The minimum atomic E-state index is 0.922. The molecule has 0 spiro atoms. The van der Waals surface area contributed by atoms with E-state index in [0.29, 0.717) is 0 Å². The minimum absolute atomic E-state index is 0.922. The van der Waals surface area contributed by atoms with Gasteiger partial charge >= 0.3 is 0 Å². The molecule has 1 aliphatic heterocycles. The molecule has 0 N–H and O–H groups in total. The molecule has 1 aliphatic carbocycles. The fourth-order valence-corrected chi connectivity index (χ4v) is 1.50. The average Bonchev–Trinajstić information content (AvgIpc) is 2.05. The van der Waals surface area contributed by atoms with Gasteiger partial charge in [0.2, 0.25) is 0 Å². The number of hydrogen-bond donors (Lipinski definition) is 0. The highest BCUT2D eigenvalue weighted by Crippen LogP contribution is 2.23. The maximum Gasteiger partial charge on any atom is 0.0635 e. The normalized spacial score (nSPS) is 23.2. The van der Waals surface area contributed by atoms with Crippen LogP contribution in [0, 0.1) is 0 Å². The van der Waals surface area contributed by atoms with E-state index >= 15 is 0 Å². The van der Waals surface area contributed by atoms with E-state index in [1.165, 1.54) is 18.4 Å². The summed E-state index contributed by atoms with van der Waals surface area (Å²) in [5.41, 5.74) is 3.08. The molecule has 1 nitrogen and oxygen atoms in total. The summed E-state index contributed by atoms with van der Waals surface area (Å²) in [7, 11) is 0. The summed E-state index contributed by atoms with van der Waals surface area (Å²) in [4.78, 5) is 4.23. The molecule has 0 fully saturated rings. The maximum atomic E-state index is 4.23. The smallest absolute Gasteiger partial charge is 0.0635 e. The van der Waals surface area contributed by atoms with Gasteiger partial charge in [-0.1, -0.05) is 17.7 Å². The van der Waals surface area contributed by atoms with Crippen molar-refractivity contribution in [2.24, 2.45) is 4.99 Å². The minimum Gasteiger partial charge on any atom is -0.292 e. The Labute approximate surface area is 61.2 Å². The van der Waals surface area contributed by atoms with Crippen molar-refractivity contribution in [3.8, 4) is 0 Å². The Morgan fingerprint density at radius 3 is 3.30 bits per heavy atom. The zero-order valence-corrected chi connectivity index (χ0v) is 6.01. The van der Waals surface area contributed by atoms with Gasteiger partial charge in [0, 0.05) is 12.6 Å². The van der Waals surface area contributed by atoms with Crippen molar-refractivity contribution in [2.45, 2.75) is 19.3 Å². The molecule has 0 radical (unpaired) electrons. The molecule has 0 saturated heterocycles. The summed E-state index contributed by atoms with van der Waals surface area (Å²) in [6, 6.07) is 0. The molecular weight excluding hydrogens is 122 g/mol. The Morgan fingerprint density at radius 2 is 2.40 bits per heavy atom. The maximum absolute atomic E-state index is 4.23. The molecule has 1 heteroatoms. The van der Waals surface area contributed by atoms with Crippen LogP contribution in [0.1, 0.15) is 19.3 Å². The highest BCUT2D eigenvalue weighted by molar-refractivity contribution is 5.65. The lowest BCUT2D eigenvalue weighted by atomic mass is 9.94. The van der Waals surface area contributed by atoms with Crippen LogP contribution in [0.5, 0.6) is 0 Å². The van der Waals surface area contributed by atoms with Crippen molar-refractivity contribution < 1.29 is 0 Å². The molecule has 2 aliphatic rings. The molecule has 1 heterocycles. The van der Waals surface area contributed by atoms with Crippen LogP contribution in [0.15, 0.2) is 28.3 Å². The van der Waals surface area contributed by atoms with Crippen LogP contribution in [-0.2, 0) is 0 Å². The first-order chi connectivity index (χ1) is 4.97. The van der Waals surface area contributed by atoms with Crippen molar-refractivity contribution in [3.63, 3.8) is 0 Å². The van der Waals surface area contributed by atoms with Crippen LogP contribution in [0.4, 0.5) is 0 Å². The van der Waals surface area contributed by atoms with Crippen LogP contribution in [-0.4, -0.2) is 12.8 Å². The van der Waals surface area contributed by atoms with Gasteiger partial charge in [-0.15, -0.1) is 0 Å². The lowest BCUT2D eigenvalue weighted by molar-refractivity contribution is 0.887. The number of dihydropyridines is 1. The SMILES string of the molecule is C1=CC2=C(CC=NC2)CC1. The quantitative estimate of drug-likeness (QED) is 0.480. The predicted octanol–water partition coefficient (Wildman–Crippen LogP) is 2.11. The monoisotopic (exact) mass is 133 g/mol. The molecule has 2 rings (SSSR count). The van der Waals surface area contributed by atoms with Crippen molar-refractivity contribution in [1.29, 1.82) is 0 Å². The average molecular weight is 133 g/mol. The third-order valence-electron chi connectivity index (χ3n) is 2.11. The van der Waals surface area contributed by atoms with Gasteiger partial charge in [-0.05, 0) is 18.4 Å². The molecule has 0 aromatic heterocycles. The molecule has 0 unspecified atom stereocenters. The number of allylic oxidation sites excluding steroid dienone is 2. The topological polar surface area (TPSA) is 12.4 Å². The fourth-order valence-electron chi connectivity index (χ4n) is 1.50. The van der Waals surface area contributed by atoms with Gasteiger partial charge in [-0.3, -0.25) is 4.99 Å². The third-order valence-corrected chi connectivity index (χ3v) is 2.11. The molecule has 0 bridgehead atoms. The highest BCUT2D eigenvalue weighted by atomic mass is 14.7. The van der Waals surface area contributed by atoms with E-state index < -0.39 is 0 Å². The number of aliphatic imine (C=N–C) groups is 1. The predicted molar refractivity (Wildman–Crippen MR) is 43.4 cm³/mol. The van der Waals surface area contributed by atoms with Crippen LogP contribution < -0.4 is 0 Å². The van der Waals surface area contributed by atoms with E-state index in [9.17, 15) is 0 Å². The molecule has 0 aromatic carbocycles. The highest BCUT2D eigenvalue weighted by Gasteiger charge is 2.08. The first-order valence-electron chi connectivity index (χ1n) is 3.82. The fraction of sp³-hybridized carbons (Fsp3) is 0.444. The second kappa shape index (κ2) is 2.41. The van der Waals surface area contributed by atoms with Gasteiger partial charge in [0.05, 0.1) is 6.54 Å². The zero-order chi connectivity index (χ0) is 6.81. The number of rotatable bonds is 0. The van der Waals surface area contributed by atoms with Crippen LogP contribution in [0.3, 0.4) is 0 Å². The van der Waals surface area contributed by atoms with Gasteiger partial charge in [0.25, 0.3) is 0 Å². The standard InChI is InChI=1S/C9H11N/c1-2-4-9-7-10-6-5-8(9)3-1/h2,4,6H,1,3,5,7H2. The molecule has 0 atom stereocenters. The summed E-state index contributed by atoms with van der Waals surface area (Å²) >= 11 is 0. The Bertz CT molecular complexity index is 221. The molecule has 0 aromatic rings. The van der Waals surface area contributed by atoms with E-state index in [1.54, 1.807) is 5.57 Å². The van der Waals surface area contributed by atoms with Gasteiger partial charge in [0.1, 0.15) is 0 Å². The lowest BCUT2D eigenvalue weighted by Crippen LogP contribution is -2.03. The Kier molecular flexibility index (Phi) is 1.42. The van der Waals surface area contributed by atoms with Gasteiger partial charge < -0.3 is 0 Å². The van der Waals surface area contributed by atoms with Crippen molar-refractivity contribution in [1.82, 2.24) is 0 Å². The molecule has 10 heavy (non-hydrogen) atoms. The Morgan fingerprint density at radius 1 is 1.40 bits per heavy atom. The van der Waals surface area contributed by atoms with Gasteiger partial charge in [-0.25, -0.2) is 0 Å². The van der Waals surface area contributed by atoms with Crippen LogP contribution >= 0.6 is 0 Å². The van der Waals surface area contributed by atoms with Gasteiger partial charge in [-0.2, -0.15) is 0 Å². The molecule has 0 amide bonds. The van der Waals surface area contributed by atoms with E-state index in [2.05, 4.69) is 17.1 Å².